The molecule has 2 aromatic rings. The van der Waals surface area contributed by atoms with Crippen LogP contribution in [0, 0.1) is 0 Å². The molecule has 2 aromatic carbocycles. The van der Waals surface area contributed by atoms with Gasteiger partial charge in [-0.05, 0) is 48.2 Å². The van der Waals surface area contributed by atoms with Crippen LogP contribution in [0.1, 0.15) is 36.8 Å². The van der Waals surface area contributed by atoms with E-state index in [4.69, 9.17) is 48.8 Å². The third-order valence-corrected chi connectivity index (χ3v) is 6.75. The summed E-state index contributed by atoms with van der Waals surface area (Å²) in [7, 11) is 4.95. The highest BCUT2D eigenvalue weighted by Gasteiger charge is 2.40. The quantitative estimate of drug-likeness (QED) is 0.245. The molecule has 14 nitrogen and oxygen atoms in total. The lowest BCUT2D eigenvalue weighted by Crippen LogP contribution is -2.42. The first-order chi connectivity index (χ1) is 20.5. The first kappa shape index (κ1) is 33.2. The van der Waals surface area contributed by atoms with E-state index >= 15 is 0 Å². The van der Waals surface area contributed by atoms with E-state index < -0.39 is 36.4 Å². The summed E-state index contributed by atoms with van der Waals surface area (Å²) in [5.74, 6) is -1.46. The minimum Gasteiger partial charge on any atom is -0.493 e. The molecule has 14 heteroatoms. The van der Waals surface area contributed by atoms with Crippen molar-refractivity contribution in [2.75, 3.05) is 41.3 Å². The molecule has 0 spiro atoms. The summed E-state index contributed by atoms with van der Waals surface area (Å²) in [5.41, 5.74) is -0.481. The number of methoxy groups -OCH3 is 3. The third-order valence-electron chi connectivity index (χ3n) is 6.75. The zero-order valence-electron chi connectivity index (χ0n) is 24.2. The largest absolute Gasteiger partial charge is 0.493 e. The smallest absolute Gasteiger partial charge is 0.336 e. The average Bonchev–Trinajstić information content (AvgIpc) is 3.64. The number of carboxylic acid groups (broad SMARTS) is 3. The van der Waals surface area contributed by atoms with E-state index in [-0.39, 0.29) is 12.9 Å². The van der Waals surface area contributed by atoms with E-state index in [2.05, 4.69) is 11.0 Å². The molecule has 43 heavy (non-hydrogen) atoms. The third kappa shape index (κ3) is 9.36. The Morgan fingerprint density at radius 1 is 0.884 bits per heavy atom. The van der Waals surface area contributed by atoms with Crippen molar-refractivity contribution < 1.29 is 63.2 Å². The van der Waals surface area contributed by atoms with Crippen LogP contribution in [0.2, 0.25) is 0 Å². The van der Waals surface area contributed by atoms with Gasteiger partial charge in [-0.3, -0.25) is 14.5 Å². The molecule has 1 atom stereocenters. The molecule has 0 aliphatic carbocycles. The number of hydrogen-bond donors (Lipinski definition) is 4. The second-order valence-electron chi connectivity index (χ2n) is 10.0. The number of fused-ring (bicyclic) bond motifs is 1. The van der Waals surface area contributed by atoms with Gasteiger partial charge in [0.2, 0.25) is 12.5 Å². The maximum absolute atomic E-state index is 10.3. The number of aliphatic carboxylic acids is 3. The molecule has 0 saturated carbocycles. The van der Waals surface area contributed by atoms with Crippen LogP contribution < -0.4 is 23.7 Å². The van der Waals surface area contributed by atoms with E-state index in [1.54, 1.807) is 21.3 Å². The van der Waals surface area contributed by atoms with Crippen molar-refractivity contribution in [3.8, 4) is 28.7 Å². The van der Waals surface area contributed by atoms with Crippen LogP contribution in [0.15, 0.2) is 30.3 Å². The Morgan fingerprint density at radius 3 is 2.07 bits per heavy atom. The van der Waals surface area contributed by atoms with Gasteiger partial charge in [0.1, 0.15) is 0 Å². The molecule has 1 saturated heterocycles. The maximum Gasteiger partial charge on any atom is 0.336 e. The Balaban J connectivity index is 0.000000331. The van der Waals surface area contributed by atoms with E-state index in [1.165, 1.54) is 0 Å². The molecule has 4 N–H and O–H groups in total. The minimum absolute atomic E-state index is 0.223. The summed E-state index contributed by atoms with van der Waals surface area (Å²) < 4.78 is 33.4. The summed E-state index contributed by atoms with van der Waals surface area (Å²) in [5, 5.41) is 33.8. The van der Waals surface area contributed by atoms with Gasteiger partial charge >= 0.3 is 17.9 Å². The van der Waals surface area contributed by atoms with Crippen LogP contribution >= 0.6 is 0 Å². The van der Waals surface area contributed by atoms with Gasteiger partial charge in [0, 0.05) is 26.2 Å². The molecule has 1 fully saturated rings. The van der Waals surface area contributed by atoms with Gasteiger partial charge in [-0.15, -0.1) is 0 Å². The second-order valence-corrected chi connectivity index (χ2v) is 10.0. The fraction of sp³-hybridized carbons (Fsp3) is 0.483. The highest BCUT2D eigenvalue weighted by molar-refractivity contribution is 5.88. The number of benzene rings is 2. The van der Waals surface area contributed by atoms with E-state index in [0.717, 1.165) is 67.5 Å². The first-order valence-corrected chi connectivity index (χ1v) is 13.4. The molecule has 236 valence electrons. The van der Waals surface area contributed by atoms with Gasteiger partial charge in [-0.1, -0.05) is 6.07 Å². The Labute approximate surface area is 248 Å². The van der Waals surface area contributed by atoms with E-state index in [9.17, 15) is 14.4 Å². The number of hydrogen-bond acceptors (Lipinski definition) is 11. The summed E-state index contributed by atoms with van der Waals surface area (Å²) in [4.78, 5) is 32.9. The van der Waals surface area contributed by atoms with Crippen molar-refractivity contribution in [1.82, 2.24) is 4.90 Å². The highest BCUT2D eigenvalue weighted by Crippen LogP contribution is 2.42. The van der Waals surface area contributed by atoms with Crippen molar-refractivity contribution in [2.24, 2.45) is 0 Å². The van der Waals surface area contributed by atoms with Crippen molar-refractivity contribution in [3.05, 3.63) is 41.5 Å². The molecule has 0 aromatic heterocycles. The highest BCUT2D eigenvalue weighted by atomic mass is 16.7. The SMILES string of the molecule is COc1ccc(CN(Cc2cc(OC)c3c(c2)OCO3)CC2CCCO2)cc1OC.O=C(O)CC(O)(CC(=O)O)C(=O)O. The molecular formula is C29H37NO13. The topological polar surface area (TPSA) is 191 Å². The van der Waals surface area contributed by atoms with Crippen molar-refractivity contribution in [1.29, 1.82) is 0 Å². The lowest BCUT2D eigenvalue weighted by molar-refractivity contribution is -0.170. The Morgan fingerprint density at radius 2 is 1.51 bits per heavy atom. The predicted molar refractivity (Wildman–Crippen MR) is 149 cm³/mol. The van der Waals surface area contributed by atoms with Gasteiger partial charge in [-0.25, -0.2) is 4.79 Å². The number of nitrogens with zero attached hydrogens (tertiary/aromatic N) is 1. The molecule has 2 heterocycles. The lowest BCUT2D eigenvalue weighted by atomic mass is 9.96. The fourth-order valence-electron chi connectivity index (χ4n) is 4.75. The van der Waals surface area contributed by atoms with Crippen LogP contribution in [0.3, 0.4) is 0 Å². The fourth-order valence-corrected chi connectivity index (χ4v) is 4.75. The van der Waals surface area contributed by atoms with Crippen LogP contribution in [0.25, 0.3) is 0 Å². The van der Waals surface area contributed by atoms with Gasteiger partial charge in [0.05, 0.1) is 40.3 Å². The molecule has 0 bridgehead atoms. The first-order valence-electron chi connectivity index (χ1n) is 13.4. The van der Waals surface area contributed by atoms with Crippen LogP contribution in [-0.4, -0.2) is 96.2 Å². The Bertz CT molecular complexity index is 1260. The van der Waals surface area contributed by atoms with Crippen LogP contribution in [-0.2, 0) is 32.2 Å². The number of aliphatic hydroxyl groups is 1. The maximum atomic E-state index is 10.3. The van der Waals surface area contributed by atoms with Crippen LogP contribution in [0.5, 0.6) is 28.7 Å². The van der Waals surface area contributed by atoms with E-state index in [0.29, 0.717) is 11.5 Å². The Kier molecular flexibility index (Phi) is 11.8. The number of ether oxygens (including phenoxy) is 6. The van der Waals surface area contributed by atoms with Gasteiger partial charge in [0.15, 0.2) is 28.6 Å². The minimum atomic E-state index is -2.74. The van der Waals surface area contributed by atoms with Crippen molar-refractivity contribution in [3.63, 3.8) is 0 Å². The molecule has 2 aliphatic rings. The molecule has 0 amide bonds. The summed E-state index contributed by atoms with van der Waals surface area (Å²) >= 11 is 0. The Hall–Kier alpha value is -4.27. The molecule has 2 aliphatic heterocycles. The normalized spacial score (nSPS) is 15.4. The molecular weight excluding hydrogens is 570 g/mol. The molecule has 4 rings (SSSR count). The van der Waals surface area contributed by atoms with Crippen molar-refractivity contribution in [2.45, 2.75) is 50.5 Å². The molecule has 0 radical (unpaired) electrons. The average molecular weight is 608 g/mol. The summed E-state index contributed by atoms with van der Waals surface area (Å²) in [6.45, 7) is 3.41. The summed E-state index contributed by atoms with van der Waals surface area (Å²) in [6, 6.07) is 10.1. The summed E-state index contributed by atoms with van der Waals surface area (Å²) in [6.07, 6.45) is 0.170. The van der Waals surface area contributed by atoms with Crippen LogP contribution in [0.4, 0.5) is 0 Å². The van der Waals surface area contributed by atoms with Gasteiger partial charge in [-0.2, -0.15) is 0 Å². The lowest BCUT2D eigenvalue weighted by Gasteiger charge is -2.26. The van der Waals surface area contributed by atoms with Gasteiger partial charge < -0.3 is 48.8 Å². The number of carbonyl (C=O) groups is 3. The van der Waals surface area contributed by atoms with E-state index in [1.807, 2.05) is 24.3 Å². The second kappa shape index (κ2) is 15.3. The monoisotopic (exact) mass is 607 g/mol. The van der Waals surface area contributed by atoms with Gasteiger partial charge in [0.25, 0.3) is 0 Å². The zero-order valence-corrected chi connectivity index (χ0v) is 24.2. The number of carboxylic acids is 3. The number of rotatable bonds is 14. The standard InChI is InChI=1S/C23H29NO6.C6H8O7/c1-25-19-7-6-16(9-20(19)26-2)12-24(14-18-5-4-8-28-18)13-17-10-21(27-3)23-22(11-17)29-15-30-23;7-3(8)1-6(13,5(11)12)2-4(9)10/h6-7,9-11,18H,4-5,8,12-15H2,1-3H3;13H,1-2H2,(H,7,8)(H,9,10)(H,11,12). The zero-order chi connectivity index (χ0) is 31.6. The predicted octanol–water partition coefficient (Wildman–Crippen LogP) is 2.37. The van der Waals surface area contributed by atoms with Crippen molar-refractivity contribution >= 4 is 17.9 Å². The molecule has 1 unspecified atom stereocenters.